The summed E-state index contributed by atoms with van der Waals surface area (Å²) in [7, 11) is 0. The molecule has 2 unspecified atom stereocenters. The Morgan fingerprint density at radius 3 is 2.58 bits per heavy atom. The van der Waals surface area contributed by atoms with Crippen molar-refractivity contribution in [1.82, 2.24) is 9.80 Å². The Morgan fingerprint density at radius 2 is 1.89 bits per heavy atom. The summed E-state index contributed by atoms with van der Waals surface area (Å²) in [6.45, 7) is 13.4. The number of carbonyl (C=O) groups excluding carboxylic acids is 3. The number of hydrogen-bond donors (Lipinski definition) is 1. The third-order valence-electron chi connectivity index (χ3n) is 8.56. The number of unbranched alkanes of at least 4 members (excludes halogenated alkanes) is 6. The number of carbonyl (C=O) groups is 3. The number of aliphatic hydroxyl groups is 1. The minimum absolute atomic E-state index is 0.114. The standard InChI is InChI=1S/C30H48N2O6/c1-5-8-12-19-31(18-7-3)27(35)25-30-17-16-29(4,38-30)24(28(36)37-22-15-9-6-2)23(30)26(34)32(25)20-13-10-11-14-21-33/h6-7,23-25,33H,2-3,5,8-22H2,1,4H3/t23-,24+,25?,29-,30?/m0/s1. The van der Waals surface area contributed by atoms with Crippen molar-refractivity contribution >= 4 is 17.8 Å². The quantitative estimate of drug-likeness (QED) is 0.163. The van der Waals surface area contributed by atoms with Crippen LogP contribution in [0, 0.1) is 11.8 Å². The number of hydrogen-bond acceptors (Lipinski definition) is 6. The van der Waals surface area contributed by atoms with Crippen LogP contribution in [0.25, 0.3) is 0 Å². The highest BCUT2D eigenvalue weighted by atomic mass is 16.6. The highest BCUT2D eigenvalue weighted by Crippen LogP contribution is 2.63. The summed E-state index contributed by atoms with van der Waals surface area (Å²) < 4.78 is 12.3. The van der Waals surface area contributed by atoms with Gasteiger partial charge in [0.2, 0.25) is 11.8 Å². The maximum atomic E-state index is 14.2. The van der Waals surface area contributed by atoms with Crippen molar-refractivity contribution in [3.63, 3.8) is 0 Å². The summed E-state index contributed by atoms with van der Waals surface area (Å²) in [6, 6.07) is -0.764. The zero-order chi connectivity index (χ0) is 27.8. The molecule has 0 saturated carbocycles. The highest BCUT2D eigenvalue weighted by Gasteiger charge is 2.78. The maximum absolute atomic E-state index is 14.2. The third-order valence-corrected chi connectivity index (χ3v) is 8.56. The van der Waals surface area contributed by atoms with Gasteiger partial charge < -0.3 is 24.4 Å². The lowest BCUT2D eigenvalue weighted by atomic mass is 9.66. The molecule has 0 aliphatic carbocycles. The van der Waals surface area contributed by atoms with Crippen LogP contribution in [0.1, 0.15) is 84.5 Å². The Bertz CT molecular complexity index is 862. The van der Waals surface area contributed by atoms with Crippen molar-refractivity contribution in [3.8, 4) is 0 Å². The molecule has 3 saturated heterocycles. The fourth-order valence-electron chi connectivity index (χ4n) is 6.71. The molecule has 8 nitrogen and oxygen atoms in total. The number of fused-ring (bicyclic) bond motifs is 1. The molecule has 1 spiro atoms. The van der Waals surface area contributed by atoms with Crippen LogP contribution >= 0.6 is 0 Å². The lowest BCUT2D eigenvalue weighted by Gasteiger charge is -2.37. The topological polar surface area (TPSA) is 96.4 Å². The van der Waals surface area contributed by atoms with Crippen LogP contribution in [-0.4, -0.2) is 82.8 Å². The van der Waals surface area contributed by atoms with Gasteiger partial charge in [-0.05, 0) is 51.9 Å². The summed E-state index contributed by atoms with van der Waals surface area (Å²) in [5.74, 6) is -2.14. The molecule has 3 aliphatic heterocycles. The molecule has 2 bridgehead atoms. The lowest BCUT2D eigenvalue weighted by Crippen LogP contribution is -2.56. The molecule has 214 valence electrons. The first kappa shape index (κ1) is 30.4. The lowest BCUT2D eigenvalue weighted by molar-refractivity contribution is -0.160. The van der Waals surface area contributed by atoms with E-state index in [0.29, 0.717) is 45.3 Å². The molecule has 0 aromatic heterocycles. The molecule has 8 heteroatoms. The molecule has 38 heavy (non-hydrogen) atoms. The van der Waals surface area contributed by atoms with E-state index < -0.39 is 35.0 Å². The van der Waals surface area contributed by atoms with Gasteiger partial charge in [0.1, 0.15) is 17.6 Å². The van der Waals surface area contributed by atoms with E-state index in [9.17, 15) is 14.4 Å². The van der Waals surface area contributed by atoms with Gasteiger partial charge in [-0.2, -0.15) is 0 Å². The molecule has 2 amide bonds. The smallest absolute Gasteiger partial charge is 0.312 e. The van der Waals surface area contributed by atoms with Gasteiger partial charge in [-0.25, -0.2) is 0 Å². The van der Waals surface area contributed by atoms with Gasteiger partial charge in [0.25, 0.3) is 0 Å². The predicted molar refractivity (Wildman–Crippen MR) is 146 cm³/mol. The number of likely N-dealkylation sites (tertiary alicyclic amines) is 1. The van der Waals surface area contributed by atoms with Gasteiger partial charge in [-0.15, -0.1) is 13.2 Å². The van der Waals surface area contributed by atoms with Crippen molar-refractivity contribution < 1.29 is 29.0 Å². The van der Waals surface area contributed by atoms with Gasteiger partial charge in [-0.3, -0.25) is 14.4 Å². The van der Waals surface area contributed by atoms with Gasteiger partial charge in [0, 0.05) is 26.2 Å². The predicted octanol–water partition coefficient (Wildman–Crippen LogP) is 4.02. The van der Waals surface area contributed by atoms with Crippen LogP contribution < -0.4 is 0 Å². The zero-order valence-corrected chi connectivity index (χ0v) is 23.5. The van der Waals surface area contributed by atoms with E-state index in [1.807, 2.05) is 6.92 Å². The average Bonchev–Trinajstić information content (AvgIpc) is 3.46. The van der Waals surface area contributed by atoms with Crippen molar-refractivity contribution in [2.75, 3.05) is 32.8 Å². The van der Waals surface area contributed by atoms with Crippen LogP contribution in [0.5, 0.6) is 0 Å². The Balaban J connectivity index is 1.90. The van der Waals surface area contributed by atoms with Crippen LogP contribution in [0.4, 0.5) is 0 Å². The average molecular weight is 533 g/mol. The van der Waals surface area contributed by atoms with Crippen molar-refractivity contribution in [1.29, 1.82) is 0 Å². The Labute approximate surface area is 228 Å². The van der Waals surface area contributed by atoms with Crippen LogP contribution in [-0.2, 0) is 23.9 Å². The summed E-state index contributed by atoms with van der Waals surface area (Å²) in [5, 5.41) is 9.12. The molecule has 0 aromatic carbocycles. The van der Waals surface area contributed by atoms with Gasteiger partial charge in [-0.1, -0.05) is 44.8 Å². The summed E-state index contributed by atoms with van der Waals surface area (Å²) in [6.07, 6.45) is 12.2. The summed E-state index contributed by atoms with van der Waals surface area (Å²) in [5.41, 5.74) is -1.85. The molecule has 5 atom stereocenters. The van der Waals surface area contributed by atoms with E-state index in [4.69, 9.17) is 14.6 Å². The number of allylic oxidation sites excluding steroid dienone is 1. The molecule has 3 fully saturated rings. The maximum Gasteiger partial charge on any atom is 0.312 e. The minimum Gasteiger partial charge on any atom is -0.465 e. The number of esters is 1. The monoisotopic (exact) mass is 532 g/mol. The summed E-state index contributed by atoms with van der Waals surface area (Å²) in [4.78, 5) is 45.2. The van der Waals surface area contributed by atoms with Crippen molar-refractivity contribution in [2.45, 2.75) is 102 Å². The molecule has 3 aliphatic rings. The third kappa shape index (κ3) is 6.01. The van der Waals surface area contributed by atoms with Crippen LogP contribution in [0.15, 0.2) is 25.3 Å². The largest absolute Gasteiger partial charge is 0.465 e. The van der Waals surface area contributed by atoms with Crippen LogP contribution in [0.2, 0.25) is 0 Å². The first-order chi connectivity index (χ1) is 18.3. The Kier molecular flexibility index (Phi) is 11.0. The second-order valence-electron chi connectivity index (χ2n) is 11.3. The van der Waals surface area contributed by atoms with E-state index in [-0.39, 0.29) is 25.0 Å². The number of ether oxygens (including phenoxy) is 2. The van der Waals surface area contributed by atoms with Gasteiger partial charge >= 0.3 is 5.97 Å². The van der Waals surface area contributed by atoms with E-state index in [2.05, 4.69) is 20.1 Å². The first-order valence-corrected chi connectivity index (χ1v) is 14.6. The fraction of sp³-hybridized carbons (Fsp3) is 0.767. The Hall–Kier alpha value is -2.19. The van der Waals surface area contributed by atoms with Crippen LogP contribution in [0.3, 0.4) is 0 Å². The highest BCUT2D eigenvalue weighted by molar-refractivity contribution is 5.98. The molecule has 0 aromatic rings. The van der Waals surface area contributed by atoms with E-state index in [1.54, 1.807) is 22.0 Å². The van der Waals surface area contributed by atoms with E-state index in [1.165, 1.54) is 0 Å². The molecule has 1 N–H and O–H groups in total. The summed E-state index contributed by atoms with van der Waals surface area (Å²) >= 11 is 0. The number of nitrogens with zero attached hydrogens (tertiary/aromatic N) is 2. The molecule has 0 radical (unpaired) electrons. The number of amides is 2. The molecular formula is C30H48N2O6. The number of rotatable bonds is 18. The zero-order valence-electron chi connectivity index (χ0n) is 23.5. The second kappa shape index (κ2) is 13.7. The fourth-order valence-corrected chi connectivity index (χ4v) is 6.71. The Morgan fingerprint density at radius 1 is 1.13 bits per heavy atom. The van der Waals surface area contributed by atoms with E-state index in [0.717, 1.165) is 44.9 Å². The minimum atomic E-state index is -1.02. The van der Waals surface area contributed by atoms with Crippen molar-refractivity contribution in [3.05, 3.63) is 25.3 Å². The van der Waals surface area contributed by atoms with Gasteiger partial charge in [0.15, 0.2) is 0 Å². The molecule has 3 rings (SSSR count). The normalized spacial score (nSPS) is 29.4. The van der Waals surface area contributed by atoms with E-state index >= 15 is 0 Å². The van der Waals surface area contributed by atoms with Gasteiger partial charge in [0.05, 0.1) is 18.1 Å². The molecule has 3 heterocycles. The first-order valence-electron chi connectivity index (χ1n) is 14.6. The molecular weight excluding hydrogens is 484 g/mol. The second-order valence-corrected chi connectivity index (χ2v) is 11.3. The number of aliphatic hydroxyl groups excluding tert-OH is 1. The van der Waals surface area contributed by atoms with Crippen molar-refractivity contribution in [2.24, 2.45) is 11.8 Å². The SMILES string of the molecule is C=CCCCOC(=O)[C@H]1[C@H]2C(=O)N(CCCCCCO)C(C(=O)N(CC=C)CCCCC)C23CC[C@]1(C)O3.